The minimum Gasteiger partial charge on any atom is -0.369 e. The summed E-state index contributed by atoms with van der Waals surface area (Å²) in [5.41, 5.74) is 3.48. The largest absolute Gasteiger partial charge is 0.369 e. The minimum atomic E-state index is -0.228. The summed E-state index contributed by atoms with van der Waals surface area (Å²) < 4.78 is 0. The van der Waals surface area contributed by atoms with E-state index in [4.69, 9.17) is 0 Å². The van der Waals surface area contributed by atoms with Crippen molar-refractivity contribution in [2.75, 3.05) is 17.2 Å². The van der Waals surface area contributed by atoms with E-state index in [0.717, 1.165) is 36.2 Å². The summed E-state index contributed by atoms with van der Waals surface area (Å²) >= 11 is 0. The van der Waals surface area contributed by atoms with Crippen LogP contribution in [0, 0.1) is 5.92 Å². The van der Waals surface area contributed by atoms with E-state index in [2.05, 4.69) is 48.3 Å². The Bertz CT molecular complexity index is 658. The molecular formula is C19H26N4O. The van der Waals surface area contributed by atoms with Crippen molar-refractivity contribution in [3.63, 3.8) is 0 Å². The number of nitrogens with one attached hydrogen (secondary N) is 2. The van der Waals surface area contributed by atoms with Gasteiger partial charge in [-0.1, -0.05) is 45.9 Å². The molecule has 128 valence electrons. The van der Waals surface area contributed by atoms with Crippen LogP contribution >= 0.6 is 0 Å². The van der Waals surface area contributed by atoms with Crippen molar-refractivity contribution in [2.24, 2.45) is 5.92 Å². The average molecular weight is 326 g/mol. The molecule has 5 nitrogen and oxygen atoms in total. The van der Waals surface area contributed by atoms with Crippen LogP contribution in [0.2, 0.25) is 0 Å². The topological polar surface area (TPSA) is 66.9 Å². The zero-order chi connectivity index (χ0) is 17.5. The van der Waals surface area contributed by atoms with E-state index < -0.39 is 0 Å². The van der Waals surface area contributed by atoms with Crippen molar-refractivity contribution < 1.29 is 4.79 Å². The third-order valence-corrected chi connectivity index (χ3v) is 3.81. The summed E-state index contributed by atoms with van der Waals surface area (Å²) in [7, 11) is 0. The van der Waals surface area contributed by atoms with Gasteiger partial charge in [0.05, 0.1) is 12.4 Å². The molecule has 0 aliphatic carbocycles. The lowest BCUT2D eigenvalue weighted by atomic mass is 10.0. The van der Waals surface area contributed by atoms with E-state index in [1.807, 2.05) is 18.2 Å². The van der Waals surface area contributed by atoms with Crippen molar-refractivity contribution >= 4 is 17.4 Å². The third kappa shape index (κ3) is 4.54. The molecule has 5 heteroatoms. The molecule has 2 N–H and O–H groups in total. The van der Waals surface area contributed by atoms with Gasteiger partial charge in [0.15, 0.2) is 0 Å². The third-order valence-electron chi connectivity index (χ3n) is 3.81. The van der Waals surface area contributed by atoms with E-state index in [0.29, 0.717) is 17.4 Å². The molecule has 0 spiro atoms. The summed E-state index contributed by atoms with van der Waals surface area (Å²) in [5.74, 6) is 0.977. The molecule has 0 aliphatic heterocycles. The van der Waals surface area contributed by atoms with Gasteiger partial charge in [-0.15, -0.1) is 0 Å². The Balaban J connectivity index is 2.13. The Kier molecular flexibility index (Phi) is 6.29. The molecule has 1 aromatic carbocycles. The first-order valence-corrected chi connectivity index (χ1v) is 8.53. The number of anilines is 2. The number of hydrogen-bond acceptors (Lipinski definition) is 4. The van der Waals surface area contributed by atoms with Crippen LogP contribution in [0.15, 0.2) is 30.6 Å². The quantitative estimate of drug-likeness (QED) is 0.809. The normalized spacial score (nSPS) is 10.7. The molecule has 0 atom stereocenters. The fraction of sp³-hybridized carbons (Fsp3) is 0.421. The number of para-hydroxylation sites is 1. The van der Waals surface area contributed by atoms with Gasteiger partial charge in [0, 0.05) is 12.2 Å². The van der Waals surface area contributed by atoms with Crippen molar-refractivity contribution in [1.29, 1.82) is 0 Å². The molecule has 0 radical (unpaired) electrons. The molecule has 0 saturated heterocycles. The van der Waals surface area contributed by atoms with Crippen LogP contribution in [-0.2, 0) is 12.8 Å². The van der Waals surface area contributed by atoms with E-state index in [-0.39, 0.29) is 5.91 Å². The van der Waals surface area contributed by atoms with Gasteiger partial charge in [0.1, 0.15) is 11.5 Å². The van der Waals surface area contributed by atoms with Crippen LogP contribution < -0.4 is 10.6 Å². The van der Waals surface area contributed by atoms with Crippen molar-refractivity contribution in [3.05, 3.63) is 47.4 Å². The lowest BCUT2D eigenvalue weighted by Gasteiger charge is -2.14. The van der Waals surface area contributed by atoms with Crippen molar-refractivity contribution in [3.8, 4) is 0 Å². The highest BCUT2D eigenvalue weighted by molar-refractivity contribution is 6.03. The number of rotatable bonds is 7. The Morgan fingerprint density at radius 2 is 1.75 bits per heavy atom. The van der Waals surface area contributed by atoms with Gasteiger partial charge in [0.2, 0.25) is 0 Å². The maximum Gasteiger partial charge on any atom is 0.275 e. The highest BCUT2D eigenvalue weighted by Gasteiger charge is 2.13. The number of aryl methyl sites for hydroxylation is 2. The van der Waals surface area contributed by atoms with Crippen molar-refractivity contribution in [2.45, 2.75) is 40.5 Å². The first-order chi connectivity index (χ1) is 11.5. The van der Waals surface area contributed by atoms with E-state index in [1.54, 1.807) is 6.20 Å². The van der Waals surface area contributed by atoms with Gasteiger partial charge in [-0.05, 0) is 29.9 Å². The summed E-state index contributed by atoms with van der Waals surface area (Å²) in [6.07, 6.45) is 4.85. The van der Waals surface area contributed by atoms with Gasteiger partial charge in [0.25, 0.3) is 5.91 Å². The Hall–Kier alpha value is -2.43. The van der Waals surface area contributed by atoms with Gasteiger partial charge in [-0.2, -0.15) is 0 Å². The van der Waals surface area contributed by atoms with Gasteiger partial charge in [-0.3, -0.25) is 4.79 Å². The molecule has 1 aromatic heterocycles. The molecule has 0 bridgehead atoms. The SMILES string of the molecule is CCc1cccc(CC)c1NC(=O)c1cnc(NCC(C)C)cn1. The molecule has 24 heavy (non-hydrogen) atoms. The molecule has 0 aliphatic rings. The number of amides is 1. The fourth-order valence-corrected chi connectivity index (χ4v) is 2.43. The van der Waals surface area contributed by atoms with E-state index in [1.165, 1.54) is 6.20 Å². The Morgan fingerprint density at radius 1 is 1.08 bits per heavy atom. The fourth-order valence-electron chi connectivity index (χ4n) is 2.43. The number of carbonyl (C=O) groups excluding carboxylic acids is 1. The lowest BCUT2D eigenvalue weighted by molar-refractivity contribution is 0.102. The molecule has 0 saturated carbocycles. The summed E-state index contributed by atoms with van der Waals surface area (Å²) in [6, 6.07) is 6.11. The van der Waals surface area contributed by atoms with Crippen molar-refractivity contribution in [1.82, 2.24) is 9.97 Å². The summed E-state index contributed by atoms with van der Waals surface area (Å²) in [6.45, 7) is 9.24. The second-order valence-corrected chi connectivity index (χ2v) is 6.17. The number of nitrogens with zero attached hydrogens (tertiary/aromatic N) is 2. The Morgan fingerprint density at radius 3 is 2.25 bits per heavy atom. The molecular weight excluding hydrogens is 300 g/mol. The van der Waals surface area contributed by atoms with E-state index in [9.17, 15) is 4.79 Å². The maximum absolute atomic E-state index is 12.5. The highest BCUT2D eigenvalue weighted by Crippen LogP contribution is 2.23. The van der Waals surface area contributed by atoms with Crippen LogP contribution in [0.3, 0.4) is 0 Å². The van der Waals surface area contributed by atoms with Gasteiger partial charge in [-0.25, -0.2) is 9.97 Å². The molecule has 0 fully saturated rings. The number of benzene rings is 1. The smallest absolute Gasteiger partial charge is 0.275 e. The second kappa shape index (κ2) is 8.43. The maximum atomic E-state index is 12.5. The molecule has 2 rings (SSSR count). The average Bonchev–Trinajstić information content (AvgIpc) is 2.60. The summed E-state index contributed by atoms with van der Waals surface area (Å²) in [5, 5.41) is 6.20. The number of aromatic nitrogens is 2. The van der Waals surface area contributed by atoms with Crippen LogP contribution in [0.5, 0.6) is 0 Å². The first-order valence-electron chi connectivity index (χ1n) is 8.53. The lowest BCUT2D eigenvalue weighted by Crippen LogP contribution is -2.17. The van der Waals surface area contributed by atoms with Crippen LogP contribution in [0.4, 0.5) is 11.5 Å². The summed E-state index contributed by atoms with van der Waals surface area (Å²) in [4.78, 5) is 21.0. The van der Waals surface area contributed by atoms with Crippen LogP contribution in [0.1, 0.15) is 49.3 Å². The van der Waals surface area contributed by atoms with E-state index >= 15 is 0 Å². The predicted octanol–water partition coefficient (Wildman–Crippen LogP) is 3.92. The zero-order valence-electron chi connectivity index (χ0n) is 14.9. The minimum absolute atomic E-state index is 0.228. The standard InChI is InChI=1S/C19H26N4O/c1-5-14-8-7-9-15(6-2)18(14)23-19(24)16-11-22-17(12-20-16)21-10-13(3)4/h7-9,11-13H,5-6,10H2,1-4H3,(H,21,22)(H,23,24). The molecule has 0 unspecified atom stereocenters. The predicted molar refractivity (Wildman–Crippen MR) is 98.5 cm³/mol. The molecule has 1 heterocycles. The highest BCUT2D eigenvalue weighted by atomic mass is 16.1. The molecule has 1 amide bonds. The Labute approximate surface area is 143 Å². The molecule has 2 aromatic rings. The van der Waals surface area contributed by atoms with Gasteiger partial charge >= 0.3 is 0 Å². The van der Waals surface area contributed by atoms with Gasteiger partial charge < -0.3 is 10.6 Å². The monoisotopic (exact) mass is 326 g/mol. The van der Waals surface area contributed by atoms with Crippen LogP contribution in [-0.4, -0.2) is 22.4 Å². The first kappa shape index (κ1) is 17.9. The van der Waals surface area contributed by atoms with Crippen LogP contribution in [0.25, 0.3) is 0 Å². The zero-order valence-corrected chi connectivity index (χ0v) is 14.9. The number of hydrogen-bond donors (Lipinski definition) is 2. The number of carbonyl (C=O) groups is 1. The second-order valence-electron chi connectivity index (χ2n) is 6.17.